The number of fused-ring (bicyclic) bond motifs is 1. The SMILES string of the molecule is Cc1ccc(C)n1-c1ccc(OCc2ccc(C(=O)N/N=C/c3cc(C)n(-c4cccc5ccccc45)c3C)o2)cc1. The number of furan rings is 1. The number of aromatic nitrogens is 2. The summed E-state index contributed by atoms with van der Waals surface area (Å²) in [5.74, 6) is 1.00. The molecule has 0 radical (unpaired) electrons. The molecule has 3 heterocycles. The van der Waals surface area contributed by atoms with Gasteiger partial charge in [-0.25, -0.2) is 5.43 Å². The lowest BCUT2D eigenvalue weighted by Crippen LogP contribution is -2.16. The van der Waals surface area contributed by atoms with Gasteiger partial charge in [-0.05, 0) is 93.7 Å². The molecule has 6 aromatic rings. The van der Waals surface area contributed by atoms with Crippen LogP contribution in [0, 0.1) is 27.7 Å². The molecule has 0 atom stereocenters. The molecule has 0 saturated heterocycles. The number of nitrogens with zero attached hydrogens (tertiary/aromatic N) is 3. The fraction of sp³-hybridized carbons (Fsp3) is 0.143. The summed E-state index contributed by atoms with van der Waals surface area (Å²) < 4.78 is 16.0. The largest absolute Gasteiger partial charge is 0.486 e. The third kappa shape index (κ3) is 5.24. The van der Waals surface area contributed by atoms with Crippen LogP contribution in [0.5, 0.6) is 5.75 Å². The molecule has 0 aliphatic carbocycles. The first-order valence-corrected chi connectivity index (χ1v) is 13.9. The zero-order valence-corrected chi connectivity index (χ0v) is 24.1. The van der Waals surface area contributed by atoms with Gasteiger partial charge in [-0.3, -0.25) is 4.79 Å². The van der Waals surface area contributed by atoms with E-state index in [4.69, 9.17) is 9.15 Å². The summed E-state index contributed by atoms with van der Waals surface area (Å²) in [6.45, 7) is 8.48. The second kappa shape index (κ2) is 11.3. The van der Waals surface area contributed by atoms with Crippen LogP contribution in [0.4, 0.5) is 0 Å². The predicted octanol–water partition coefficient (Wildman–Crippen LogP) is 7.59. The van der Waals surface area contributed by atoms with E-state index in [1.54, 1.807) is 18.3 Å². The quantitative estimate of drug-likeness (QED) is 0.155. The van der Waals surface area contributed by atoms with Crippen LogP contribution >= 0.6 is 0 Å². The molecule has 42 heavy (non-hydrogen) atoms. The van der Waals surface area contributed by atoms with Crippen LogP contribution in [-0.2, 0) is 6.61 Å². The normalized spacial score (nSPS) is 11.4. The van der Waals surface area contributed by atoms with Crippen LogP contribution in [0.25, 0.3) is 22.1 Å². The summed E-state index contributed by atoms with van der Waals surface area (Å²) in [7, 11) is 0. The Labute approximate surface area is 244 Å². The van der Waals surface area contributed by atoms with E-state index in [1.165, 1.54) is 22.2 Å². The Kier molecular flexibility index (Phi) is 7.23. The number of aryl methyl sites for hydroxylation is 3. The molecule has 0 saturated carbocycles. The van der Waals surface area contributed by atoms with Crippen LogP contribution < -0.4 is 10.2 Å². The van der Waals surface area contributed by atoms with E-state index in [-0.39, 0.29) is 12.4 Å². The molecule has 0 bridgehead atoms. The molecule has 0 spiro atoms. The summed E-state index contributed by atoms with van der Waals surface area (Å²) in [5, 5.41) is 6.56. The maximum atomic E-state index is 12.7. The minimum atomic E-state index is -0.429. The van der Waals surface area contributed by atoms with E-state index < -0.39 is 5.91 Å². The molecule has 210 valence electrons. The second-order valence-electron chi connectivity index (χ2n) is 10.4. The van der Waals surface area contributed by atoms with Crippen molar-refractivity contribution in [1.82, 2.24) is 14.6 Å². The number of rotatable bonds is 8. The summed E-state index contributed by atoms with van der Waals surface area (Å²) in [4.78, 5) is 12.7. The maximum Gasteiger partial charge on any atom is 0.307 e. The summed E-state index contributed by atoms with van der Waals surface area (Å²) >= 11 is 0. The first-order valence-electron chi connectivity index (χ1n) is 13.9. The second-order valence-corrected chi connectivity index (χ2v) is 10.4. The summed E-state index contributed by atoms with van der Waals surface area (Å²) in [6.07, 6.45) is 1.66. The van der Waals surface area contributed by atoms with Crippen molar-refractivity contribution < 1.29 is 13.9 Å². The van der Waals surface area contributed by atoms with Crippen LogP contribution in [-0.4, -0.2) is 21.3 Å². The van der Waals surface area contributed by atoms with E-state index >= 15 is 0 Å². The number of carbonyl (C=O) groups excluding carboxylic acids is 1. The monoisotopic (exact) mass is 556 g/mol. The van der Waals surface area contributed by atoms with Crippen molar-refractivity contribution in [2.75, 3.05) is 0 Å². The molecular weight excluding hydrogens is 524 g/mol. The lowest BCUT2D eigenvalue weighted by Gasteiger charge is -2.12. The number of hydrazone groups is 1. The fourth-order valence-corrected chi connectivity index (χ4v) is 5.41. The fourth-order valence-electron chi connectivity index (χ4n) is 5.41. The van der Waals surface area contributed by atoms with Crippen LogP contribution in [0.3, 0.4) is 0 Å². The Balaban J connectivity index is 1.08. The zero-order valence-electron chi connectivity index (χ0n) is 24.1. The average Bonchev–Trinajstić information content (AvgIpc) is 3.69. The molecule has 1 amide bonds. The van der Waals surface area contributed by atoms with Crippen LogP contribution in [0.15, 0.2) is 107 Å². The number of nitrogens with one attached hydrogen (secondary N) is 1. The van der Waals surface area contributed by atoms with Crippen molar-refractivity contribution in [1.29, 1.82) is 0 Å². The van der Waals surface area contributed by atoms with Crippen molar-refractivity contribution in [2.24, 2.45) is 5.10 Å². The Morgan fingerprint density at radius 3 is 2.36 bits per heavy atom. The van der Waals surface area contributed by atoms with Crippen LogP contribution in [0.1, 0.15) is 44.7 Å². The standard InChI is InChI=1S/C35H32N4O3/c1-23-12-13-24(2)38(23)29-14-16-30(17-15-29)41-22-31-18-19-34(42-31)35(40)37-36-21-28-20-25(3)39(26(28)4)33-11-7-9-27-8-5-6-10-32(27)33/h5-21H,22H2,1-4H3,(H,37,40)/b36-21+. The number of hydrogen-bond acceptors (Lipinski definition) is 4. The first-order chi connectivity index (χ1) is 20.4. The third-order valence-electron chi connectivity index (χ3n) is 7.48. The molecule has 0 aliphatic rings. The molecular formula is C35H32N4O3. The van der Waals surface area contributed by atoms with E-state index in [0.29, 0.717) is 11.5 Å². The van der Waals surface area contributed by atoms with Gasteiger partial charge in [-0.1, -0.05) is 36.4 Å². The molecule has 7 heteroatoms. The zero-order chi connectivity index (χ0) is 29.2. The number of benzene rings is 3. The minimum Gasteiger partial charge on any atom is -0.486 e. The van der Waals surface area contributed by atoms with Crippen molar-refractivity contribution in [2.45, 2.75) is 34.3 Å². The minimum absolute atomic E-state index is 0.167. The highest BCUT2D eigenvalue weighted by atomic mass is 16.5. The lowest BCUT2D eigenvalue weighted by atomic mass is 10.1. The predicted molar refractivity (Wildman–Crippen MR) is 166 cm³/mol. The van der Waals surface area contributed by atoms with Gasteiger partial charge >= 0.3 is 5.91 Å². The smallest absolute Gasteiger partial charge is 0.307 e. The molecule has 3 aromatic heterocycles. The highest BCUT2D eigenvalue weighted by molar-refractivity contribution is 5.93. The molecule has 0 unspecified atom stereocenters. The first kappa shape index (κ1) is 26.9. The highest BCUT2D eigenvalue weighted by Crippen LogP contribution is 2.27. The topological polar surface area (TPSA) is 73.7 Å². The highest BCUT2D eigenvalue weighted by Gasteiger charge is 2.14. The van der Waals surface area contributed by atoms with Crippen molar-refractivity contribution in [3.63, 3.8) is 0 Å². The van der Waals surface area contributed by atoms with Gasteiger partial charge in [0.1, 0.15) is 18.1 Å². The molecule has 0 aliphatic heterocycles. The van der Waals surface area contributed by atoms with E-state index in [2.05, 4.69) is 89.0 Å². The summed E-state index contributed by atoms with van der Waals surface area (Å²) in [5.41, 5.74) is 10.1. The number of hydrogen-bond donors (Lipinski definition) is 1. The van der Waals surface area contributed by atoms with Gasteiger partial charge in [0.15, 0.2) is 5.76 Å². The van der Waals surface area contributed by atoms with E-state index in [0.717, 1.165) is 28.3 Å². The van der Waals surface area contributed by atoms with Crippen molar-refractivity contribution >= 4 is 22.9 Å². The van der Waals surface area contributed by atoms with Gasteiger partial charge in [-0.2, -0.15) is 5.10 Å². The van der Waals surface area contributed by atoms with Crippen LogP contribution in [0.2, 0.25) is 0 Å². The van der Waals surface area contributed by atoms with Gasteiger partial charge in [0.25, 0.3) is 0 Å². The Morgan fingerprint density at radius 2 is 1.57 bits per heavy atom. The van der Waals surface area contributed by atoms with Gasteiger partial charge in [0.2, 0.25) is 0 Å². The van der Waals surface area contributed by atoms with E-state index in [1.807, 2.05) is 43.3 Å². The molecule has 0 fully saturated rings. The lowest BCUT2D eigenvalue weighted by molar-refractivity contribution is 0.0923. The maximum absolute atomic E-state index is 12.7. The van der Waals surface area contributed by atoms with E-state index in [9.17, 15) is 4.79 Å². The molecule has 6 rings (SSSR count). The number of carbonyl (C=O) groups is 1. The van der Waals surface area contributed by atoms with Gasteiger partial charge in [-0.15, -0.1) is 0 Å². The molecule has 3 aromatic carbocycles. The Bertz CT molecular complexity index is 1900. The Hall–Kier alpha value is -5.30. The molecule has 7 nitrogen and oxygen atoms in total. The average molecular weight is 557 g/mol. The van der Waals surface area contributed by atoms with Crippen molar-refractivity contribution in [3.05, 3.63) is 137 Å². The third-order valence-corrected chi connectivity index (χ3v) is 7.48. The van der Waals surface area contributed by atoms with Gasteiger partial charge < -0.3 is 18.3 Å². The van der Waals surface area contributed by atoms with Gasteiger partial charge in [0, 0.05) is 39.4 Å². The number of amides is 1. The number of ether oxygens (including phenoxy) is 1. The molecule has 1 N–H and O–H groups in total. The Morgan fingerprint density at radius 1 is 0.833 bits per heavy atom. The van der Waals surface area contributed by atoms with Crippen molar-refractivity contribution in [3.8, 4) is 17.1 Å². The van der Waals surface area contributed by atoms with Gasteiger partial charge in [0.05, 0.1) is 11.9 Å². The summed E-state index contributed by atoms with van der Waals surface area (Å²) in [6, 6.07) is 32.1.